The Morgan fingerprint density at radius 3 is 2.53 bits per heavy atom. The minimum absolute atomic E-state index is 0. The molecule has 1 aliphatic heterocycles. The minimum atomic E-state index is -0.313. The van der Waals surface area contributed by atoms with Crippen LogP contribution in [0.3, 0.4) is 0 Å². The lowest BCUT2D eigenvalue weighted by molar-refractivity contribution is 0.171. The van der Waals surface area contributed by atoms with Gasteiger partial charge >= 0.3 is 0 Å². The Bertz CT molecular complexity index is 881. The molecule has 1 fully saturated rings. The first kappa shape index (κ1) is 26.3. The number of likely N-dealkylation sites (N-methyl/N-ethyl adjacent to an activating group) is 1. The Morgan fingerprint density at radius 2 is 2.00 bits per heavy atom. The van der Waals surface area contributed by atoms with Crippen molar-refractivity contribution in [3.8, 4) is 5.75 Å². The third-order valence-corrected chi connectivity index (χ3v) is 5.69. The van der Waals surface area contributed by atoms with E-state index in [9.17, 15) is 4.39 Å². The van der Waals surface area contributed by atoms with Crippen LogP contribution in [-0.2, 0) is 13.6 Å². The van der Waals surface area contributed by atoms with E-state index in [4.69, 9.17) is 4.74 Å². The molecule has 10 heteroatoms. The summed E-state index contributed by atoms with van der Waals surface area (Å²) in [7, 11) is 9.38. The van der Waals surface area contributed by atoms with E-state index in [1.807, 2.05) is 31.0 Å². The van der Waals surface area contributed by atoms with Crippen LogP contribution < -0.4 is 10.1 Å². The zero-order valence-electron chi connectivity index (χ0n) is 19.6. The molecular weight excluding hydrogens is 524 g/mol. The molecule has 32 heavy (non-hydrogen) atoms. The number of benzene rings is 1. The number of piperazine rings is 1. The molecular formula is C22H35FIN7O. The SMILES string of the molecule is CN=C(NCC(c1cnn(C)c1)N(C)C)N1CCN(Cc2ccc(OC)c(F)c2)CC1.I. The van der Waals surface area contributed by atoms with Crippen molar-refractivity contribution in [2.45, 2.75) is 12.6 Å². The van der Waals surface area contributed by atoms with Crippen molar-refractivity contribution >= 4 is 29.9 Å². The van der Waals surface area contributed by atoms with Gasteiger partial charge in [0.15, 0.2) is 17.5 Å². The van der Waals surface area contributed by atoms with E-state index in [2.05, 4.69) is 50.4 Å². The Kier molecular flexibility index (Phi) is 10.2. The summed E-state index contributed by atoms with van der Waals surface area (Å²) in [5.74, 6) is 0.879. The molecule has 8 nitrogen and oxygen atoms in total. The third-order valence-electron chi connectivity index (χ3n) is 5.69. The van der Waals surface area contributed by atoms with Crippen molar-refractivity contribution in [2.75, 3.05) is 61.0 Å². The number of guanidine groups is 1. The van der Waals surface area contributed by atoms with Gasteiger partial charge in [0.2, 0.25) is 0 Å². The van der Waals surface area contributed by atoms with Crippen molar-refractivity contribution < 1.29 is 9.13 Å². The number of rotatable bonds is 7. The van der Waals surface area contributed by atoms with Crippen LogP contribution in [0, 0.1) is 5.82 Å². The van der Waals surface area contributed by atoms with Crippen LogP contribution in [0.2, 0.25) is 0 Å². The standard InChI is InChI=1S/C22H34FN7O.HI/c1-24-22(25-14-20(27(2)3)18-13-26-28(4)16-18)30-10-8-29(9-11-30)15-17-6-7-21(31-5)19(23)12-17;/h6-7,12-13,16,20H,8-11,14-15H2,1-5H3,(H,24,25);1H. The van der Waals surface area contributed by atoms with E-state index in [0.717, 1.165) is 50.8 Å². The number of methoxy groups -OCH3 is 1. The molecule has 0 spiro atoms. The van der Waals surface area contributed by atoms with Crippen LogP contribution in [0.15, 0.2) is 35.6 Å². The van der Waals surface area contributed by atoms with Gasteiger partial charge in [-0.15, -0.1) is 24.0 Å². The fourth-order valence-corrected chi connectivity index (χ4v) is 3.92. The molecule has 178 valence electrons. The molecule has 0 aliphatic carbocycles. The smallest absolute Gasteiger partial charge is 0.193 e. The second-order valence-corrected chi connectivity index (χ2v) is 8.09. The normalized spacial score (nSPS) is 16.1. The molecule has 2 aromatic rings. The van der Waals surface area contributed by atoms with Gasteiger partial charge in [-0.1, -0.05) is 6.07 Å². The van der Waals surface area contributed by atoms with Crippen LogP contribution in [-0.4, -0.2) is 91.4 Å². The van der Waals surface area contributed by atoms with E-state index in [0.29, 0.717) is 0 Å². The van der Waals surface area contributed by atoms with Gasteiger partial charge in [-0.3, -0.25) is 14.6 Å². The van der Waals surface area contributed by atoms with E-state index in [1.165, 1.54) is 12.7 Å². The number of nitrogens with one attached hydrogen (secondary N) is 1. The number of aryl methyl sites for hydroxylation is 1. The molecule has 0 amide bonds. The summed E-state index contributed by atoms with van der Waals surface area (Å²) in [6.45, 7) is 5.01. The summed E-state index contributed by atoms with van der Waals surface area (Å²) in [5, 5.41) is 7.83. The predicted octanol–water partition coefficient (Wildman–Crippen LogP) is 2.18. The second kappa shape index (κ2) is 12.4. The first-order valence-electron chi connectivity index (χ1n) is 10.6. The highest BCUT2D eigenvalue weighted by molar-refractivity contribution is 14.0. The molecule has 3 rings (SSSR count). The molecule has 1 aromatic carbocycles. The minimum Gasteiger partial charge on any atom is -0.494 e. The average Bonchev–Trinajstić information content (AvgIpc) is 3.17. The summed E-state index contributed by atoms with van der Waals surface area (Å²) in [6, 6.07) is 5.38. The monoisotopic (exact) mass is 559 g/mol. The number of hydrogen-bond acceptors (Lipinski definition) is 5. The fourth-order valence-electron chi connectivity index (χ4n) is 3.92. The fraction of sp³-hybridized carbons (Fsp3) is 0.545. The Labute approximate surface area is 207 Å². The molecule has 1 unspecified atom stereocenters. The molecule has 1 atom stereocenters. The lowest BCUT2D eigenvalue weighted by Crippen LogP contribution is -2.53. The number of halogens is 2. The van der Waals surface area contributed by atoms with Crippen molar-refractivity contribution in [2.24, 2.45) is 12.0 Å². The van der Waals surface area contributed by atoms with Crippen LogP contribution in [0.25, 0.3) is 0 Å². The number of ether oxygens (including phenoxy) is 1. The van der Waals surface area contributed by atoms with Crippen LogP contribution >= 0.6 is 24.0 Å². The lowest BCUT2D eigenvalue weighted by atomic mass is 10.1. The average molecular weight is 559 g/mol. The molecule has 1 aliphatic rings. The summed E-state index contributed by atoms with van der Waals surface area (Å²) in [4.78, 5) is 11.3. The highest BCUT2D eigenvalue weighted by atomic mass is 127. The Balaban J connectivity index is 0.00000363. The van der Waals surface area contributed by atoms with Gasteiger partial charge in [0.05, 0.1) is 19.3 Å². The van der Waals surface area contributed by atoms with Crippen molar-refractivity contribution in [3.63, 3.8) is 0 Å². The van der Waals surface area contributed by atoms with Gasteiger partial charge in [0.1, 0.15) is 0 Å². The van der Waals surface area contributed by atoms with Crippen LogP contribution in [0.5, 0.6) is 5.75 Å². The van der Waals surface area contributed by atoms with E-state index in [-0.39, 0.29) is 41.6 Å². The van der Waals surface area contributed by atoms with Crippen LogP contribution in [0.1, 0.15) is 17.2 Å². The Hall–Kier alpha value is -1.92. The zero-order valence-corrected chi connectivity index (χ0v) is 21.9. The third kappa shape index (κ3) is 6.79. The van der Waals surface area contributed by atoms with E-state index in [1.54, 1.807) is 12.1 Å². The molecule has 0 saturated carbocycles. The van der Waals surface area contributed by atoms with E-state index >= 15 is 0 Å². The number of aromatic nitrogens is 2. The van der Waals surface area contributed by atoms with Gasteiger partial charge < -0.3 is 19.9 Å². The van der Waals surface area contributed by atoms with Gasteiger partial charge in [0.25, 0.3) is 0 Å². The number of nitrogens with zero attached hydrogens (tertiary/aromatic N) is 6. The summed E-state index contributed by atoms with van der Waals surface area (Å²) in [6.07, 6.45) is 3.96. The predicted molar refractivity (Wildman–Crippen MR) is 136 cm³/mol. The zero-order chi connectivity index (χ0) is 22.4. The quantitative estimate of drug-likeness (QED) is 0.319. The first-order chi connectivity index (χ1) is 14.9. The van der Waals surface area contributed by atoms with Crippen molar-refractivity contribution in [1.29, 1.82) is 0 Å². The molecule has 1 saturated heterocycles. The summed E-state index contributed by atoms with van der Waals surface area (Å²) >= 11 is 0. The van der Waals surface area contributed by atoms with Gasteiger partial charge in [-0.25, -0.2) is 4.39 Å². The highest BCUT2D eigenvalue weighted by Crippen LogP contribution is 2.19. The largest absolute Gasteiger partial charge is 0.494 e. The van der Waals surface area contributed by atoms with Crippen LogP contribution in [0.4, 0.5) is 4.39 Å². The number of aliphatic imine (C=N–C) groups is 1. The molecule has 0 radical (unpaired) electrons. The molecule has 2 heterocycles. The Morgan fingerprint density at radius 1 is 1.28 bits per heavy atom. The molecule has 0 bridgehead atoms. The van der Waals surface area contributed by atoms with Gasteiger partial charge in [-0.05, 0) is 31.8 Å². The maximum Gasteiger partial charge on any atom is 0.193 e. The first-order valence-corrected chi connectivity index (χ1v) is 10.6. The lowest BCUT2D eigenvalue weighted by Gasteiger charge is -2.37. The van der Waals surface area contributed by atoms with Crippen molar-refractivity contribution in [1.82, 2.24) is 29.8 Å². The molecule has 1 N–H and O–H groups in total. The number of hydrogen-bond donors (Lipinski definition) is 1. The summed E-state index contributed by atoms with van der Waals surface area (Å²) < 4.78 is 20.8. The van der Waals surface area contributed by atoms with Crippen molar-refractivity contribution in [3.05, 3.63) is 47.5 Å². The molecule has 1 aromatic heterocycles. The highest BCUT2D eigenvalue weighted by Gasteiger charge is 2.22. The topological polar surface area (TPSA) is 61.2 Å². The van der Waals surface area contributed by atoms with Gasteiger partial charge in [0, 0.05) is 65.1 Å². The summed E-state index contributed by atoms with van der Waals surface area (Å²) in [5.41, 5.74) is 2.13. The maximum atomic E-state index is 14.0. The second-order valence-electron chi connectivity index (χ2n) is 8.09. The maximum absolute atomic E-state index is 14.0. The van der Waals surface area contributed by atoms with E-state index < -0.39 is 0 Å². The van der Waals surface area contributed by atoms with Gasteiger partial charge in [-0.2, -0.15) is 5.10 Å².